The molecule has 1 aromatic rings. The third-order valence-corrected chi connectivity index (χ3v) is 4.21. The van der Waals surface area contributed by atoms with Gasteiger partial charge in [-0.05, 0) is 26.0 Å². The average Bonchev–Trinajstić information content (AvgIpc) is 2.72. The molecule has 1 saturated carbocycles. The van der Waals surface area contributed by atoms with E-state index in [-0.39, 0.29) is 5.82 Å². The first kappa shape index (κ1) is 11.6. The molecule has 1 N–H and O–H groups in total. The zero-order valence-corrected chi connectivity index (χ0v) is 10.4. The summed E-state index contributed by atoms with van der Waals surface area (Å²) >= 11 is 1.84. The summed E-state index contributed by atoms with van der Waals surface area (Å²) in [5.41, 5.74) is 0.399. The lowest BCUT2D eigenvalue weighted by Gasteiger charge is -2.20. The van der Waals surface area contributed by atoms with Gasteiger partial charge in [0.25, 0.3) is 0 Å². The fourth-order valence-corrected chi connectivity index (χ4v) is 3.04. The molecule has 1 fully saturated rings. The summed E-state index contributed by atoms with van der Waals surface area (Å²) in [5.74, 6) is 0.0210. The van der Waals surface area contributed by atoms with Crippen LogP contribution in [0.1, 0.15) is 25.0 Å². The van der Waals surface area contributed by atoms with Crippen molar-refractivity contribution in [2.24, 2.45) is 0 Å². The topological polar surface area (TPSA) is 37.8 Å². The summed E-state index contributed by atoms with van der Waals surface area (Å²) in [7, 11) is 0. The molecule has 0 bridgehead atoms. The Morgan fingerprint density at radius 3 is 3.00 bits per heavy atom. The summed E-state index contributed by atoms with van der Waals surface area (Å²) in [5, 5.41) is 3.77. The summed E-state index contributed by atoms with van der Waals surface area (Å²) in [6.07, 6.45) is 7.00. The number of anilines is 1. The molecule has 3 nitrogen and oxygen atoms in total. The quantitative estimate of drug-likeness (QED) is 0.882. The van der Waals surface area contributed by atoms with Crippen molar-refractivity contribution in [2.75, 3.05) is 11.6 Å². The Morgan fingerprint density at radius 1 is 1.44 bits per heavy atom. The van der Waals surface area contributed by atoms with Gasteiger partial charge < -0.3 is 5.32 Å². The van der Waals surface area contributed by atoms with Crippen LogP contribution in [0.5, 0.6) is 0 Å². The maximum absolute atomic E-state index is 13.7. The Morgan fingerprint density at radius 2 is 2.25 bits per heavy atom. The Balaban J connectivity index is 2.11. The van der Waals surface area contributed by atoms with Gasteiger partial charge in [0.15, 0.2) is 11.6 Å². The second-order valence-electron chi connectivity index (χ2n) is 4.08. The Bertz CT molecular complexity index is 372. The molecular weight excluding hydrogens is 225 g/mol. The maximum Gasteiger partial charge on any atom is 0.186 e. The lowest BCUT2D eigenvalue weighted by molar-refractivity contribution is 0.599. The zero-order chi connectivity index (χ0) is 11.5. The number of thioether (sulfide) groups is 1. The Labute approximate surface area is 99.3 Å². The molecule has 2 rings (SSSR count). The molecule has 5 heteroatoms. The molecule has 16 heavy (non-hydrogen) atoms. The smallest absolute Gasteiger partial charge is 0.186 e. The van der Waals surface area contributed by atoms with Crippen LogP contribution in [0, 0.1) is 12.7 Å². The van der Waals surface area contributed by atoms with E-state index < -0.39 is 0 Å². The van der Waals surface area contributed by atoms with Crippen LogP contribution in [0.25, 0.3) is 0 Å². The normalized spacial score (nSPS) is 24.7. The van der Waals surface area contributed by atoms with E-state index in [9.17, 15) is 4.39 Å². The van der Waals surface area contributed by atoms with Gasteiger partial charge in [-0.3, -0.25) is 0 Å². The van der Waals surface area contributed by atoms with Gasteiger partial charge in [-0.2, -0.15) is 11.8 Å². The minimum Gasteiger partial charge on any atom is -0.364 e. The highest BCUT2D eigenvalue weighted by Crippen LogP contribution is 2.30. The standard InChI is InChI=1S/C11H16FN3S/c1-7-10(12)11(14-6-13-7)15-8-4-3-5-9(8)16-2/h6,8-9H,3-5H2,1-2H3,(H,13,14,15). The predicted octanol–water partition coefficient (Wildman–Crippen LogP) is 2.62. The second-order valence-corrected chi connectivity index (χ2v) is 5.15. The Hall–Kier alpha value is -0.840. The highest BCUT2D eigenvalue weighted by molar-refractivity contribution is 7.99. The molecule has 2 unspecified atom stereocenters. The van der Waals surface area contributed by atoms with Gasteiger partial charge in [0, 0.05) is 11.3 Å². The number of hydrogen-bond donors (Lipinski definition) is 1. The van der Waals surface area contributed by atoms with Crippen molar-refractivity contribution in [2.45, 2.75) is 37.5 Å². The molecule has 0 spiro atoms. The number of rotatable bonds is 3. The van der Waals surface area contributed by atoms with E-state index in [0.29, 0.717) is 22.8 Å². The lowest BCUT2D eigenvalue weighted by atomic mass is 10.2. The van der Waals surface area contributed by atoms with Gasteiger partial charge in [0.2, 0.25) is 0 Å². The van der Waals surface area contributed by atoms with Gasteiger partial charge in [-0.15, -0.1) is 0 Å². The highest BCUT2D eigenvalue weighted by atomic mass is 32.2. The summed E-state index contributed by atoms with van der Waals surface area (Å²) in [4.78, 5) is 7.79. The third-order valence-electron chi connectivity index (χ3n) is 3.04. The third kappa shape index (κ3) is 2.29. The molecule has 0 saturated heterocycles. The molecule has 1 aliphatic rings. The number of nitrogens with zero attached hydrogens (tertiary/aromatic N) is 2. The van der Waals surface area contributed by atoms with E-state index in [2.05, 4.69) is 21.5 Å². The zero-order valence-electron chi connectivity index (χ0n) is 9.53. The van der Waals surface area contributed by atoms with Crippen LogP contribution in [0.2, 0.25) is 0 Å². The number of hydrogen-bond acceptors (Lipinski definition) is 4. The van der Waals surface area contributed by atoms with Crippen molar-refractivity contribution in [1.82, 2.24) is 9.97 Å². The molecule has 0 amide bonds. The van der Waals surface area contributed by atoms with Gasteiger partial charge in [0.05, 0.1) is 5.69 Å². The molecule has 1 aliphatic carbocycles. The first-order valence-corrected chi connectivity index (χ1v) is 6.77. The van der Waals surface area contributed by atoms with E-state index in [1.807, 2.05) is 11.8 Å². The van der Waals surface area contributed by atoms with Crippen molar-refractivity contribution in [3.8, 4) is 0 Å². The number of nitrogens with one attached hydrogen (secondary N) is 1. The van der Waals surface area contributed by atoms with E-state index in [4.69, 9.17) is 0 Å². The molecule has 88 valence electrons. The fourth-order valence-electron chi connectivity index (χ4n) is 2.11. The maximum atomic E-state index is 13.7. The summed E-state index contributed by atoms with van der Waals surface area (Å²) < 4.78 is 13.7. The first-order valence-electron chi connectivity index (χ1n) is 5.49. The van der Waals surface area contributed by atoms with Crippen molar-refractivity contribution in [1.29, 1.82) is 0 Å². The van der Waals surface area contributed by atoms with Gasteiger partial charge in [-0.1, -0.05) is 6.42 Å². The minimum absolute atomic E-state index is 0.325. The lowest BCUT2D eigenvalue weighted by Crippen LogP contribution is -2.27. The second kappa shape index (κ2) is 4.99. The predicted molar refractivity (Wildman–Crippen MR) is 65.3 cm³/mol. The van der Waals surface area contributed by atoms with Crippen LogP contribution in [0.4, 0.5) is 10.2 Å². The van der Waals surface area contributed by atoms with Crippen molar-refractivity contribution in [3.63, 3.8) is 0 Å². The number of halogens is 1. The van der Waals surface area contributed by atoms with E-state index >= 15 is 0 Å². The average molecular weight is 241 g/mol. The van der Waals surface area contributed by atoms with Crippen molar-refractivity contribution in [3.05, 3.63) is 17.8 Å². The summed E-state index contributed by atoms with van der Waals surface area (Å²) in [6.45, 7) is 1.66. The molecule has 1 heterocycles. The molecule has 2 atom stereocenters. The molecule has 0 radical (unpaired) electrons. The van der Waals surface area contributed by atoms with E-state index in [1.165, 1.54) is 19.2 Å². The first-order chi connectivity index (χ1) is 7.72. The van der Waals surface area contributed by atoms with Crippen LogP contribution >= 0.6 is 11.8 Å². The fraction of sp³-hybridized carbons (Fsp3) is 0.636. The van der Waals surface area contributed by atoms with Gasteiger partial charge in [-0.25, -0.2) is 14.4 Å². The molecule has 0 aliphatic heterocycles. The van der Waals surface area contributed by atoms with Crippen molar-refractivity contribution < 1.29 is 4.39 Å². The SMILES string of the molecule is CSC1CCCC1Nc1ncnc(C)c1F. The molecular formula is C11H16FN3S. The van der Waals surface area contributed by atoms with Crippen LogP contribution < -0.4 is 5.32 Å². The monoisotopic (exact) mass is 241 g/mol. The van der Waals surface area contributed by atoms with E-state index in [1.54, 1.807) is 6.92 Å². The highest BCUT2D eigenvalue weighted by Gasteiger charge is 2.27. The molecule has 1 aromatic heterocycles. The Kier molecular flexibility index (Phi) is 3.63. The van der Waals surface area contributed by atoms with E-state index in [0.717, 1.165) is 6.42 Å². The summed E-state index contributed by atoms with van der Waals surface area (Å²) in [6, 6.07) is 0.332. The van der Waals surface area contributed by atoms with Gasteiger partial charge >= 0.3 is 0 Å². The van der Waals surface area contributed by atoms with Crippen LogP contribution in [-0.4, -0.2) is 27.5 Å². The van der Waals surface area contributed by atoms with Gasteiger partial charge in [0.1, 0.15) is 6.33 Å². The van der Waals surface area contributed by atoms with Crippen LogP contribution in [0.3, 0.4) is 0 Å². The molecule has 0 aromatic carbocycles. The minimum atomic E-state index is -0.325. The number of aromatic nitrogens is 2. The van der Waals surface area contributed by atoms with Crippen LogP contribution in [0.15, 0.2) is 6.33 Å². The van der Waals surface area contributed by atoms with Crippen LogP contribution in [-0.2, 0) is 0 Å². The number of aryl methyl sites for hydroxylation is 1. The van der Waals surface area contributed by atoms with Crippen molar-refractivity contribution >= 4 is 17.6 Å². The largest absolute Gasteiger partial charge is 0.364 e.